The van der Waals surface area contributed by atoms with E-state index in [1.54, 1.807) is 0 Å². The van der Waals surface area contributed by atoms with E-state index in [-0.39, 0.29) is 12.0 Å². The molecule has 1 unspecified atom stereocenters. The first-order chi connectivity index (χ1) is 9.01. The summed E-state index contributed by atoms with van der Waals surface area (Å²) in [7, 11) is 1.93. The van der Waals surface area contributed by atoms with E-state index in [0.717, 1.165) is 29.8 Å². The summed E-state index contributed by atoms with van der Waals surface area (Å²) in [5.41, 5.74) is 3.30. The summed E-state index contributed by atoms with van der Waals surface area (Å²) in [4.78, 5) is 11.8. The third-order valence-corrected chi connectivity index (χ3v) is 3.33. The summed E-state index contributed by atoms with van der Waals surface area (Å²) in [6.45, 7) is 8.99. The van der Waals surface area contributed by atoms with Gasteiger partial charge in [-0.05, 0) is 27.2 Å². The quantitative estimate of drug-likeness (QED) is 0.766. The lowest BCUT2D eigenvalue weighted by molar-refractivity contribution is -0.145. The minimum Gasteiger partial charge on any atom is -0.465 e. The van der Waals surface area contributed by atoms with Gasteiger partial charge in [-0.1, -0.05) is 13.3 Å². The average Bonchev–Trinajstić information content (AvgIpc) is 2.60. The zero-order chi connectivity index (χ0) is 14.4. The van der Waals surface area contributed by atoms with Crippen LogP contribution in [0.25, 0.3) is 0 Å². The number of rotatable bonds is 7. The van der Waals surface area contributed by atoms with Crippen molar-refractivity contribution in [3.05, 3.63) is 17.0 Å². The second kappa shape index (κ2) is 7.28. The topological polar surface area (TPSA) is 56.2 Å². The molecule has 0 spiro atoms. The molecule has 1 N–H and O–H groups in total. The van der Waals surface area contributed by atoms with Crippen molar-refractivity contribution in [1.82, 2.24) is 15.1 Å². The molecular formula is C14H25N3O2. The van der Waals surface area contributed by atoms with Gasteiger partial charge in [0, 0.05) is 24.8 Å². The summed E-state index contributed by atoms with van der Waals surface area (Å²) in [6, 6.07) is -0.232. The van der Waals surface area contributed by atoms with Crippen molar-refractivity contribution in [2.45, 2.75) is 53.1 Å². The van der Waals surface area contributed by atoms with Crippen LogP contribution in [0.1, 0.15) is 43.6 Å². The van der Waals surface area contributed by atoms with Crippen molar-refractivity contribution in [1.29, 1.82) is 0 Å². The van der Waals surface area contributed by atoms with Gasteiger partial charge in [-0.25, -0.2) is 0 Å². The predicted octanol–water partition coefficient (Wildman–Crippen LogP) is 1.86. The lowest BCUT2D eigenvalue weighted by Crippen LogP contribution is -2.37. The Morgan fingerprint density at radius 3 is 2.58 bits per heavy atom. The first-order valence-corrected chi connectivity index (χ1v) is 6.90. The number of aromatic nitrogens is 2. The molecule has 0 amide bonds. The third kappa shape index (κ3) is 4.06. The molecule has 1 aromatic heterocycles. The van der Waals surface area contributed by atoms with Crippen molar-refractivity contribution >= 4 is 5.97 Å². The highest BCUT2D eigenvalue weighted by Crippen LogP contribution is 2.12. The van der Waals surface area contributed by atoms with Crippen LogP contribution in [-0.4, -0.2) is 28.4 Å². The van der Waals surface area contributed by atoms with Crippen molar-refractivity contribution in [2.75, 3.05) is 6.61 Å². The molecule has 0 radical (unpaired) electrons. The van der Waals surface area contributed by atoms with E-state index < -0.39 is 0 Å². The molecule has 19 heavy (non-hydrogen) atoms. The second-order valence-corrected chi connectivity index (χ2v) is 4.75. The molecule has 1 rings (SSSR count). The van der Waals surface area contributed by atoms with E-state index in [1.807, 2.05) is 32.5 Å². The van der Waals surface area contributed by atoms with E-state index in [2.05, 4.69) is 17.3 Å². The van der Waals surface area contributed by atoms with Crippen LogP contribution < -0.4 is 5.32 Å². The smallest absolute Gasteiger partial charge is 0.323 e. The summed E-state index contributed by atoms with van der Waals surface area (Å²) < 4.78 is 6.96. The van der Waals surface area contributed by atoms with Gasteiger partial charge in [-0.2, -0.15) is 5.10 Å². The molecule has 1 atom stereocenters. The van der Waals surface area contributed by atoms with Crippen molar-refractivity contribution in [3.63, 3.8) is 0 Å². The summed E-state index contributed by atoms with van der Waals surface area (Å²) in [6.07, 6.45) is 1.73. The number of nitrogens with zero attached hydrogens (tertiary/aromatic N) is 2. The SMILES string of the molecule is CCCC(NCc1c(C)nn(C)c1C)C(=O)OCC. The van der Waals surface area contributed by atoms with Crippen LogP contribution in [-0.2, 0) is 23.1 Å². The number of carbonyl (C=O) groups excluding carboxylic acids is 1. The third-order valence-electron chi connectivity index (χ3n) is 3.33. The van der Waals surface area contributed by atoms with Gasteiger partial charge >= 0.3 is 5.97 Å². The highest BCUT2D eigenvalue weighted by Gasteiger charge is 2.19. The lowest BCUT2D eigenvalue weighted by Gasteiger charge is -2.16. The fourth-order valence-corrected chi connectivity index (χ4v) is 2.13. The van der Waals surface area contributed by atoms with Crippen molar-refractivity contribution in [3.8, 4) is 0 Å². The van der Waals surface area contributed by atoms with Crippen LogP contribution in [0.5, 0.6) is 0 Å². The number of aryl methyl sites for hydroxylation is 2. The Bertz CT molecular complexity index is 427. The maximum atomic E-state index is 11.8. The van der Waals surface area contributed by atoms with Gasteiger partial charge in [-0.3, -0.25) is 9.48 Å². The highest BCUT2D eigenvalue weighted by atomic mass is 16.5. The van der Waals surface area contributed by atoms with Gasteiger partial charge in [0.15, 0.2) is 0 Å². The van der Waals surface area contributed by atoms with Gasteiger partial charge in [0.25, 0.3) is 0 Å². The maximum absolute atomic E-state index is 11.8. The van der Waals surface area contributed by atoms with Crippen LogP contribution >= 0.6 is 0 Å². The summed E-state index contributed by atoms with van der Waals surface area (Å²) in [5, 5.41) is 7.66. The predicted molar refractivity (Wildman–Crippen MR) is 74.9 cm³/mol. The fraction of sp³-hybridized carbons (Fsp3) is 0.714. The van der Waals surface area contributed by atoms with Gasteiger partial charge in [-0.15, -0.1) is 0 Å². The molecule has 0 bridgehead atoms. The van der Waals surface area contributed by atoms with E-state index >= 15 is 0 Å². The normalized spacial score (nSPS) is 12.5. The first-order valence-electron chi connectivity index (χ1n) is 6.90. The molecule has 0 aliphatic rings. The lowest BCUT2D eigenvalue weighted by atomic mass is 10.1. The summed E-state index contributed by atoms with van der Waals surface area (Å²) >= 11 is 0. The standard InChI is InChI=1S/C14H25N3O2/c1-6-8-13(14(18)19-7-2)15-9-12-10(3)16-17(5)11(12)4/h13,15H,6-9H2,1-5H3. The van der Waals surface area contributed by atoms with Crippen LogP contribution in [0.4, 0.5) is 0 Å². The molecule has 5 nitrogen and oxygen atoms in total. The van der Waals surface area contributed by atoms with E-state index in [0.29, 0.717) is 13.2 Å². The molecule has 0 aliphatic carbocycles. The number of ether oxygens (including phenoxy) is 1. The Hall–Kier alpha value is -1.36. The Balaban J connectivity index is 2.68. The number of hydrogen-bond acceptors (Lipinski definition) is 4. The van der Waals surface area contributed by atoms with Crippen LogP contribution in [0.3, 0.4) is 0 Å². The molecule has 0 saturated heterocycles. The monoisotopic (exact) mass is 267 g/mol. The average molecular weight is 267 g/mol. The molecule has 0 saturated carbocycles. The highest BCUT2D eigenvalue weighted by molar-refractivity contribution is 5.75. The van der Waals surface area contributed by atoms with Crippen LogP contribution in [0.2, 0.25) is 0 Å². The zero-order valence-electron chi connectivity index (χ0n) is 12.6. The number of carbonyl (C=O) groups is 1. The van der Waals surface area contributed by atoms with Gasteiger partial charge < -0.3 is 10.1 Å². The van der Waals surface area contributed by atoms with Crippen LogP contribution in [0, 0.1) is 13.8 Å². The first kappa shape index (κ1) is 15.7. The minimum atomic E-state index is -0.232. The fourth-order valence-electron chi connectivity index (χ4n) is 2.13. The minimum absolute atomic E-state index is 0.163. The molecule has 108 valence electrons. The van der Waals surface area contributed by atoms with Gasteiger partial charge in [0.2, 0.25) is 0 Å². The van der Waals surface area contributed by atoms with E-state index in [9.17, 15) is 4.79 Å². The van der Waals surface area contributed by atoms with Crippen molar-refractivity contribution < 1.29 is 9.53 Å². The van der Waals surface area contributed by atoms with E-state index in [1.165, 1.54) is 0 Å². The second-order valence-electron chi connectivity index (χ2n) is 4.75. The molecule has 1 heterocycles. The van der Waals surface area contributed by atoms with E-state index in [4.69, 9.17) is 4.74 Å². The summed E-state index contributed by atoms with van der Waals surface area (Å²) in [5.74, 6) is -0.163. The van der Waals surface area contributed by atoms with Gasteiger partial charge in [0.05, 0.1) is 12.3 Å². The number of esters is 1. The molecule has 0 aliphatic heterocycles. The molecule has 0 fully saturated rings. The molecule has 1 aromatic rings. The zero-order valence-corrected chi connectivity index (χ0v) is 12.6. The Kier molecular flexibility index (Phi) is 6.02. The number of hydrogen-bond donors (Lipinski definition) is 1. The van der Waals surface area contributed by atoms with Crippen molar-refractivity contribution in [2.24, 2.45) is 7.05 Å². The van der Waals surface area contributed by atoms with Gasteiger partial charge in [0.1, 0.15) is 6.04 Å². The molecule has 0 aromatic carbocycles. The Labute approximate surface area is 115 Å². The number of nitrogens with one attached hydrogen (secondary N) is 1. The molecular weight excluding hydrogens is 242 g/mol. The van der Waals surface area contributed by atoms with Crippen LogP contribution in [0.15, 0.2) is 0 Å². The Morgan fingerprint density at radius 1 is 1.42 bits per heavy atom. The molecule has 5 heteroatoms. The Morgan fingerprint density at radius 2 is 2.11 bits per heavy atom. The largest absolute Gasteiger partial charge is 0.465 e. The maximum Gasteiger partial charge on any atom is 0.323 e.